The molecule has 1 N–H and O–H groups in total. The minimum absolute atomic E-state index is 0.0636. The van der Waals surface area contributed by atoms with Crippen molar-refractivity contribution in [1.29, 1.82) is 0 Å². The van der Waals surface area contributed by atoms with E-state index in [0.717, 1.165) is 68.6 Å². The number of hydrogen-bond donors (Lipinski definition) is 1. The first kappa shape index (κ1) is 29.0. The lowest BCUT2D eigenvalue weighted by molar-refractivity contribution is 0.0686. The van der Waals surface area contributed by atoms with Crippen molar-refractivity contribution in [3.05, 3.63) is 58.8 Å². The van der Waals surface area contributed by atoms with Gasteiger partial charge in [-0.1, -0.05) is 12.1 Å². The van der Waals surface area contributed by atoms with Crippen molar-refractivity contribution < 1.29 is 13.2 Å². The Morgan fingerprint density at radius 3 is 2.38 bits per heavy atom. The van der Waals surface area contributed by atoms with Gasteiger partial charge in [0.2, 0.25) is 16.0 Å². The predicted octanol–water partition coefficient (Wildman–Crippen LogP) is 3.06. The topological polar surface area (TPSA) is 115 Å². The third-order valence-corrected chi connectivity index (χ3v) is 10.3. The zero-order chi connectivity index (χ0) is 29.3. The fourth-order valence-corrected chi connectivity index (χ4v) is 7.45. The minimum atomic E-state index is -3.12. The molecule has 0 atom stereocenters. The van der Waals surface area contributed by atoms with Crippen LogP contribution in [0.5, 0.6) is 0 Å². The maximum absolute atomic E-state index is 13.8. The van der Waals surface area contributed by atoms with Gasteiger partial charge in [0.15, 0.2) is 0 Å². The molecule has 42 heavy (non-hydrogen) atoms. The Morgan fingerprint density at radius 1 is 0.952 bits per heavy atom. The van der Waals surface area contributed by atoms with Crippen LogP contribution >= 0.6 is 0 Å². The normalized spacial score (nSPS) is 23.2. The van der Waals surface area contributed by atoms with Crippen LogP contribution < -0.4 is 11.0 Å². The summed E-state index contributed by atoms with van der Waals surface area (Å²) in [5.74, 6) is 0.569. The van der Waals surface area contributed by atoms with Crippen LogP contribution in [-0.4, -0.2) is 94.5 Å². The quantitative estimate of drug-likeness (QED) is 0.444. The van der Waals surface area contributed by atoms with E-state index in [4.69, 9.17) is 9.72 Å². The van der Waals surface area contributed by atoms with Crippen LogP contribution in [0.15, 0.2) is 47.5 Å². The summed E-state index contributed by atoms with van der Waals surface area (Å²) in [5.41, 5.74) is 3.30. The molecule has 3 fully saturated rings. The molecule has 2 aliphatic heterocycles. The van der Waals surface area contributed by atoms with Gasteiger partial charge in [0.05, 0.1) is 23.3 Å². The molecule has 1 saturated carbocycles. The first-order valence-electron chi connectivity index (χ1n) is 15.0. The Bertz CT molecular complexity index is 1550. The van der Waals surface area contributed by atoms with Gasteiger partial charge in [0.1, 0.15) is 0 Å². The standard InChI is InChI=1S/C30H41N7O4S/c1-22-4-3-5-26(20-22)37-28(21-36(30(37)38)25-11-18-41-19-12-25)27-10-13-31-29(33-27)32-23-6-8-24(9-7-23)34-14-16-35(17-15-34)42(2,39)40/h3-5,10,13,20-21,23-25H,6-9,11-12,14-19H2,1-2H3,(H,31,32,33)/t23-,24-. The fraction of sp³-hybridized carbons (Fsp3) is 0.567. The largest absolute Gasteiger partial charge is 0.381 e. The zero-order valence-corrected chi connectivity index (χ0v) is 25.3. The van der Waals surface area contributed by atoms with Crippen molar-refractivity contribution >= 4 is 16.0 Å². The Hall–Kier alpha value is -3.06. The molecule has 0 unspecified atom stereocenters. The van der Waals surface area contributed by atoms with Crippen LogP contribution in [0.25, 0.3) is 17.1 Å². The average Bonchev–Trinajstić information content (AvgIpc) is 3.35. The summed E-state index contributed by atoms with van der Waals surface area (Å²) in [6.07, 6.45) is 10.7. The van der Waals surface area contributed by atoms with E-state index in [1.165, 1.54) is 6.26 Å². The van der Waals surface area contributed by atoms with E-state index in [9.17, 15) is 13.2 Å². The van der Waals surface area contributed by atoms with E-state index in [2.05, 4.69) is 15.2 Å². The van der Waals surface area contributed by atoms with Gasteiger partial charge < -0.3 is 10.1 Å². The van der Waals surface area contributed by atoms with Gasteiger partial charge >= 0.3 is 5.69 Å². The summed E-state index contributed by atoms with van der Waals surface area (Å²) in [6, 6.07) is 10.7. The third kappa shape index (κ3) is 6.31. The van der Waals surface area contributed by atoms with Gasteiger partial charge in [-0.15, -0.1) is 0 Å². The number of nitrogens with one attached hydrogen (secondary N) is 1. The number of aryl methyl sites for hydroxylation is 1. The smallest absolute Gasteiger partial charge is 0.333 e. The molecule has 0 spiro atoms. The summed E-state index contributed by atoms with van der Waals surface area (Å²) < 4.78 is 34.5. The summed E-state index contributed by atoms with van der Waals surface area (Å²) in [4.78, 5) is 25.7. The van der Waals surface area contributed by atoms with E-state index >= 15 is 0 Å². The number of benzene rings is 1. The maximum Gasteiger partial charge on any atom is 0.333 e. The van der Waals surface area contributed by atoms with E-state index in [1.54, 1.807) is 15.1 Å². The second-order valence-corrected chi connectivity index (χ2v) is 13.8. The highest BCUT2D eigenvalue weighted by molar-refractivity contribution is 7.88. The highest BCUT2D eigenvalue weighted by Gasteiger charge is 2.31. The summed E-state index contributed by atoms with van der Waals surface area (Å²) in [6.45, 7) is 6.06. The summed E-state index contributed by atoms with van der Waals surface area (Å²) in [5, 5.41) is 3.56. The van der Waals surface area contributed by atoms with E-state index in [0.29, 0.717) is 44.0 Å². The van der Waals surface area contributed by atoms with Crippen molar-refractivity contribution in [2.75, 3.05) is 51.0 Å². The lowest BCUT2D eigenvalue weighted by Gasteiger charge is -2.41. The SMILES string of the molecule is Cc1cccc(-n2c(-c3ccnc(N[C@H]4CC[C@H](N5CCN(S(C)(=O)=O)CC5)CC4)n3)cn(C3CCOCC3)c2=O)c1. The Labute approximate surface area is 247 Å². The second kappa shape index (κ2) is 12.3. The molecule has 2 aromatic heterocycles. The van der Waals surface area contributed by atoms with Crippen LogP contribution in [-0.2, 0) is 14.8 Å². The molecular weight excluding hydrogens is 554 g/mol. The molecule has 0 radical (unpaired) electrons. The zero-order valence-electron chi connectivity index (χ0n) is 24.5. The predicted molar refractivity (Wildman–Crippen MR) is 163 cm³/mol. The molecule has 11 nitrogen and oxygen atoms in total. The Kier molecular flexibility index (Phi) is 8.49. The molecule has 3 aliphatic rings. The highest BCUT2D eigenvalue weighted by Crippen LogP contribution is 2.28. The molecule has 1 aromatic carbocycles. The number of piperazine rings is 1. The number of nitrogens with zero attached hydrogens (tertiary/aromatic N) is 6. The molecule has 0 amide bonds. The summed E-state index contributed by atoms with van der Waals surface area (Å²) in [7, 11) is -3.12. The lowest BCUT2D eigenvalue weighted by Crippen LogP contribution is -2.52. The number of anilines is 1. The van der Waals surface area contributed by atoms with Gasteiger partial charge in [-0.2, -0.15) is 4.31 Å². The van der Waals surface area contributed by atoms with Crippen LogP contribution in [0.2, 0.25) is 0 Å². The molecule has 2 saturated heterocycles. The van der Waals surface area contributed by atoms with Gasteiger partial charge in [-0.05, 0) is 69.2 Å². The van der Waals surface area contributed by atoms with Gasteiger partial charge in [-0.25, -0.2) is 23.2 Å². The first-order chi connectivity index (χ1) is 20.3. The van der Waals surface area contributed by atoms with E-state index in [-0.39, 0.29) is 17.8 Å². The van der Waals surface area contributed by atoms with Gasteiger partial charge in [0.25, 0.3) is 0 Å². The fourth-order valence-electron chi connectivity index (χ4n) is 6.62. The average molecular weight is 596 g/mol. The molecule has 12 heteroatoms. The van der Waals surface area contributed by atoms with Crippen molar-refractivity contribution in [2.24, 2.45) is 0 Å². The number of hydrogen-bond acceptors (Lipinski definition) is 8. The third-order valence-electron chi connectivity index (χ3n) is 8.97. The minimum Gasteiger partial charge on any atom is -0.381 e. The summed E-state index contributed by atoms with van der Waals surface area (Å²) >= 11 is 0. The van der Waals surface area contributed by atoms with Crippen molar-refractivity contribution in [3.63, 3.8) is 0 Å². The van der Waals surface area contributed by atoms with Crippen LogP contribution in [0, 0.1) is 6.92 Å². The van der Waals surface area contributed by atoms with Crippen molar-refractivity contribution in [1.82, 2.24) is 28.3 Å². The monoisotopic (exact) mass is 595 g/mol. The molecule has 0 bridgehead atoms. The Balaban J connectivity index is 1.17. The molecule has 3 aromatic rings. The number of ether oxygens (including phenoxy) is 1. The molecule has 1 aliphatic carbocycles. The second-order valence-electron chi connectivity index (χ2n) is 11.8. The maximum atomic E-state index is 13.8. The van der Waals surface area contributed by atoms with E-state index in [1.807, 2.05) is 48.0 Å². The molecule has 4 heterocycles. The molecule has 226 valence electrons. The van der Waals surface area contributed by atoms with Crippen LogP contribution in [0.4, 0.5) is 5.95 Å². The van der Waals surface area contributed by atoms with E-state index < -0.39 is 10.0 Å². The van der Waals surface area contributed by atoms with Crippen molar-refractivity contribution in [3.8, 4) is 17.1 Å². The lowest BCUT2D eigenvalue weighted by atomic mass is 9.90. The Morgan fingerprint density at radius 2 is 1.69 bits per heavy atom. The molecular formula is C30H41N7O4S. The number of sulfonamides is 1. The van der Waals surface area contributed by atoms with Crippen LogP contribution in [0.3, 0.4) is 0 Å². The molecule has 6 rings (SSSR count). The van der Waals surface area contributed by atoms with Gasteiger partial charge in [0, 0.05) is 69.9 Å². The number of aromatic nitrogens is 4. The van der Waals surface area contributed by atoms with Gasteiger partial charge in [-0.3, -0.25) is 14.0 Å². The highest BCUT2D eigenvalue weighted by atomic mass is 32.2. The number of imidazole rings is 1. The van der Waals surface area contributed by atoms with Crippen molar-refractivity contribution in [2.45, 2.75) is 63.6 Å². The number of rotatable bonds is 7. The first-order valence-corrected chi connectivity index (χ1v) is 16.9. The van der Waals surface area contributed by atoms with Crippen LogP contribution in [0.1, 0.15) is 50.1 Å².